The molecule has 0 radical (unpaired) electrons. The molecule has 0 bridgehead atoms. The minimum absolute atomic E-state index is 0.860. The molecule has 0 aromatic carbocycles. The van der Waals surface area contributed by atoms with Crippen LogP contribution in [0.15, 0.2) is 36.7 Å². The predicted molar refractivity (Wildman–Crippen MR) is 76.0 cm³/mol. The Morgan fingerprint density at radius 2 is 2.26 bits per heavy atom. The molecule has 0 fully saturated rings. The molecule has 19 heavy (non-hydrogen) atoms. The van der Waals surface area contributed by atoms with Gasteiger partial charge in [0.05, 0.1) is 0 Å². The van der Waals surface area contributed by atoms with Crippen LogP contribution in [0.3, 0.4) is 0 Å². The lowest BCUT2D eigenvalue weighted by molar-refractivity contribution is 0.686. The van der Waals surface area contributed by atoms with Gasteiger partial charge in [0.25, 0.3) is 0 Å². The van der Waals surface area contributed by atoms with Crippen LogP contribution in [0, 0.1) is 6.92 Å². The maximum atomic E-state index is 4.72. The first-order valence-corrected chi connectivity index (χ1v) is 6.64. The Balaban J connectivity index is 1.91. The van der Waals surface area contributed by atoms with E-state index in [1.165, 1.54) is 11.1 Å². The minimum atomic E-state index is 0.860. The summed E-state index contributed by atoms with van der Waals surface area (Å²) < 4.78 is 0. The average molecular weight is 254 g/mol. The third kappa shape index (κ3) is 2.74. The summed E-state index contributed by atoms with van der Waals surface area (Å²) >= 11 is 0. The summed E-state index contributed by atoms with van der Waals surface area (Å²) in [7, 11) is 0. The van der Waals surface area contributed by atoms with E-state index in [0.717, 1.165) is 37.7 Å². The van der Waals surface area contributed by atoms with Gasteiger partial charge < -0.3 is 10.2 Å². The van der Waals surface area contributed by atoms with Crippen LogP contribution < -0.4 is 10.2 Å². The summed E-state index contributed by atoms with van der Waals surface area (Å²) in [5.74, 6) is 1.11. The predicted octanol–water partition coefficient (Wildman–Crippen LogP) is 1.89. The highest BCUT2D eigenvalue weighted by Gasteiger charge is 2.16. The number of anilines is 1. The zero-order valence-corrected chi connectivity index (χ0v) is 11.1. The van der Waals surface area contributed by atoms with E-state index in [1.54, 1.807) is 0 Å². The van der Waals surface area contributed by atoms with Gasteiger partial charge in [-0.25, -0.2) is 4.98 Å². The van der Waals surface area contributed by atoms with E-state index in [-0.39, 0.29) is 0 Å². The molecule has 0 amide bonds. The molecule has 4 heteroatoms. The number of aryl methyl sites for hydroxylation is 1. The number of rotatable bonds is 2. The molecule has 0 spiro atoms. The van der Waals surface area contributed by atoms with E-state index in [1.807, 2.05) is 25.4 Å². The zero-order chi connectivity index (χ0) is 13.1. The van der Waals surface area contributed by atoms with Gasteiger partial charge in [-0.2, -0.15) is 0 Å². The van der Waals surface area contributed by atoms with Gasteiger partial charge in [0.2, 0.25) is 0 Å². The molecule has 4 nitrogen and oxygen atoms in total. The Morgan fingerprint density at radius 1 is 1.32 bits per heavy atom. The van der Waals surface area contributed by atoms with E-state index < -0.39 is 0 Å². The molecule has 0 atom stereocenters. The molecule has 2 aromatic rings. The number of hydrogen-bond donors (Lipinski definition) is 1. The van der Waals surface area contributed by atoms with Gasteiger partial charge in [0.15, 0.2) is 0 Å². The van der Waals surface area contributed by atoms with Crippen LogP contribution in [0.5, 0.6) is 0 Å². The Hall–Kier alpha value is -1.94. The number of hydrogen-bond acceptors (Lipinski definition) is 4. The molecular weight excluding hydrogens is 236 g/mol. The fourth-order valence-electron chi connectivity index (χ4n) is 2.39. The Bertz CT molecular complexity index is 553. The molecule has 3 rings (SSSR count). The van der Waals surface area contributed by atoms with Crippen molar-refractivity contribution in [3.8, 4) is 0 Å². The van der Waals surface area contributed by atoms with Crippen LogP contribution in [0.2, 0.25) is 0 Å². The van der Waals surface area contributed by atoms with E-state index in [9.17, 15) is 0 Å². The summed E-state index contributed by atoms with van der Waals surface area (Å²) in [6.45, 7) is 5.75. The molecule has 3 heterocycles. The van der Waals surface area contributed by atoms with E-state index >= 15 is 0 Å². The van der Waals surface area contributed by atoms with Crippen molar-refractivity contribution in [3.63, 3.8) is 0 Å². The fraction of sp³-hybridized carbons (Fsp3) is 0.333. The molecule has 1 aliphatic rings. The summed E-state index contributed by atoms with van der Waals surface area (Å²) in [6.07, 6.45) is 3.73. The van der Waals surface area contributed by atoms with Crippen molar-refractivity contribution in [1.29, 1.82) is 0 Å². The third-order valence-electron chi connectivity index (χ3n) is 3.36. The van der Waals surface area contributed by atoms with Crippen molar-refractivity contribution in [3.05, 3.63) is 53.5 Å². The zero-order valence-electron chi connectivity index (χ0n) is 11.1. The van der Waals surface area contributed by atoms with Crippen LogP contribution in [0.1, 0.15) is 16.8 Å². The molecule has 0 aliphatic carbocycles. The third-order valence-corrected chi connectivity index (χ3v) is 3.36. The quantitative estimate of drug-likeness (QED) is 0.888. The van der Waals surface area contributed by atoms with Crippen LogP contribution in [-0.4, -0.2) is 23.1 Å². The maximum absolute atomic E-state index is 4.72. The fourth-order valence-corrected chi connectivity index (χ4v) is 2.39. The topological polar surface area (TPSA) is 41.1 Å². The van der Waals surface area contributed by atoms with Crippen LogP contribution in [-0.2, 0) is 13.1 Å². The van der Waals surface area contributed by atoms with Gasteiger partial charge in [0, 0.05) is 49.8 Å². The van der Waals surface area contributed by atoms with Crippen LogP contribution in [0.4, 0.5) is 5.82 Å². The first-order valence-electron chi connectivity index (χ1n) is 6.64. The van der Waals surface area contributed by atoms with E-state index in [2.05, 4.69) is 33.4 Å². The SMILES string of the molecule is Cc1ccc2c(n1)N(Cc1cccnc1)CCNC2. The second kappa shape index (κ2) is 5.36. The number of aromatic nitrogens is 2. The second-order valence-electron chi connectivity index (χ2n) is 4.89. The lowest BCUT2D eigenvalue weighted by Gasteiger charge is -2.23. The van der Waals surface area contributed by atoms with Crippen molar-refractivity contribution in [2.24, 2.45) is 0 Å². The van der Waals surface area contributed by atoms with Gasteiger partial charge >= 0.3 is 0 Å². The first-order chi connectivity index (χ1) is 9.33. The number of nitrogens with one attached hydrogen (secondary N) is 1. The number of nitrogens with zero attached hydrogens (tertiary/aromatic N) is 3. The smallest absolute Gasteiger partial charge is 0.133 e. The van der Waals surface area contributed by atoms with Crippen molar-refractivity contribution in [2.45, 2.75) is 20.0 Å². The Labute approximate surface area is 113 Å². The first kappa shape index (κ1) is 12.1. The van der Waals surface area contributed by atoms with Gasteiger partial charge in [0.1, 0.15) is 5.82 Å². The molecule has 2 aromatic heterocycles. The molecular formula is C15H18N4. The summed E-state index contributed by atoms with van der Waals surface area (Å²) in [5.41, 5.74) is 3.56. The Kier molecular flexibility index (Phi) is 3.42. The standard InChI is InChI=1S/C15H18N4/c1-12-4-5-14-10-17-7-8-19(15(14)18-12)11-13-3-2-6-16-9-13/h2-6,9,17H,7-8,10-11H2,1H3. The van der Waals surface area contributed by atoms with Gasteiger partial charge in [-0.05, 0) is 24.6 Å². The Morgan fingerprint density at radius 3 is 3.11 bits per heavy atom. The van der Waals surface area contributed by atoms with Gasteiger partial charge in [-0.3, -0.25) is 4.98 Å². The molecule has 1 N–H and O–H groups in total. The lowest BCUT2D eigenvalue weighted by atomic mass is 10.2. The lowest BCUT2D eigenvalue weighted by Crippen LogP contribution is -2.29. The van der Waals surface area contributed by atoms with E-state index in [4.69, 9.17) is 4.98 Å². The molecule has 0 unspecified atom stereocenters. The van der Waals surface area contributed by atoms with Crippen molar-refractivity contribution in [2.75, 3.05) is 18.0 Å². The molecule has 98 valence electrons. The average Bonchev–Trinajstić information content (AvgIpc) is 2.63. The number of fused-ring (bicyclic) bond motifs is 1. The highest BCUT2D eigenvalue weighted by molar-refractivity contribution is 5.49. The number of pyridine rings is 2. The highest BCUT2D eigenvalue weighted by Crippen LogP contribution is 2.22. The van der Waals surface area contributed by atoms with Crippen LogP contribution >= 0.6 is 0 Å². The van der Waals surface area contributed by atoms with Gasteiger partial charge in [-0.15, -0.1) is 0 Å². The van der Waals surface area contributed by atoms with Crippen molar-refractivity contribution < 1.29 is 0 Å². The summed E-state index contributed by atoms with van der Waals surface area (Å²) in [4.78, 5) is 11.2. The van der Waals surface area contributed by atoms with Crippen LogP contribution in [0.25, 0.3) is 0 Å². The highest BCUT2D eigenvalue weighted by atomic mass is 15.2. The van der Waals surface area contributed by atoms with Crippen molar-refractivity contribution >= 4 is 5.82 Å². The molecule has 0 saturated heterocycles. The minimum Gasteiger partial charge on any atom is -0.351 e. The maximum Gasteiger partial charge on any atom is 0.133 e. The summed E-state index contributed by atoms with van der Waals surface area (Å²) in [6, 6.07) is 8.34. The monoisotopic (exact) mass is 254 g/mol. The molecule has 1 aliphatic heterocycles. The summed E-state index contributed by atoms with van der Waals surface area (Å²) in [5, 5.41) is 3.44. The normalized spacial score (nSPS) is 14.9. The second-order valence-corrected chi connectivity index (χ2v) is 4.89. The van der Waals surface area contributed by atoms with Gasteiger partial charge in [-0.1, -0.05) is 12.1 Å². The van der Waals surface area contributed by atoms with Crippen molar-refractivity contribution in [1.82, 2.24) is 15.3 Å². The van der Waals surface area contributed by atoms with E-state index in [0.29, 0.717) is 0 Å². The largest absolute Gasteiger partial charge is 0.351 e. The molecule has 0 saturated carbocycles.